The highest BCUT2D eigenvalue weighted by atomic mass is 16.6. The fourth-order valence-electron chi connectivity index (χ4n) is 3.29. The second-order valence-electron chi connectivity index (χ2n) is 6.94. The molecule has 0 radical (unpaired) electrons. The number of nitro groups is 1. The van der Waals surface area contributed by atoms with Crippen LogP contribution >= 0.6 is 0 Å². The summed E-state index contributed by atoms with van der Waals surface area (Å²) in [6, 6.07) is 13.6. The molecule has 3 rings (SSSR count). The van der Waals surface area contributed by atoms with Gasteiger partial charge in [-0.25, -0.2) is 0 Å². The van der Waals surface area contributed by atoms with Crippen LogP contribution in [-0.4, -0.2) is 47.8 Å². The highest BCUT2D eigenvalue weighted by Gasteiger charge is 2.20. The number of rotatable bonds is 6. The third kappa shape index (κ3) is 5.44. The minimum Gasteiger partial charge on any atom is -0.368 e. The monoisotopic (exact) mass is 408 g/mol. The highest BCUT2D eigenvalue weighted by Crippen LogP contribution is 2.20. The molecule has 1 heterocycles. The van der Waals surface area contributed by atoms with Crippen LogP contribution < -0.4 is 10.2 Å². The Kier molecular flexibility index (Phi) is 6.79. The van der Waals surface area contributed by atoms with Crippen molar-refractivity contribution in [2.75, 3.05) is 36.4 Å². The molecule has 0 saturated carbocycles. The lowest BCUT2D eigenvalue weighted by atomic mass is 10.2. The summed E-state index contributed by atoms with van der Waals surface area (Å²) in [5.41, 5.74) is 2.26. The van der Waals surface area contributed by atoms with E-state index in [4.69, 9.17) is 0 Å². The number of anilines is 2. The van der Waals surface area contributed by atoms with Crippen molar-refractivity contribution in [1.29, 1.82) is 0 Å². The maximum absolute atomic E-state index is 12.1. The molecule has 0 unspecified atom stereocenters. The summed E-state index contributed by atoms with van der Waals surface area (Å²) in [6.45, 7) is 4.87. The molecule has 1 saturated heterocycles. The summed E-state index contributed by atoms with van der Waals surface area (Å²) in [7, 11) is 0. The van der Waals surface area contributed by atoms with Gasteiger partial charge in [0.25, 0.3) is 5.69 Å². The topological polar surface area (TPSA) is 95.8 Å². The van der Waals surface area contributed by atoms with Crippen molar-refractivity contribution >= 4 is 35.0 Å². The van der Waals surface area contributed by atoms with Gasteiger partial charge in [0.05, 0.1) is 4.92 Å². The normalized spacial score (nSPS) is 14.0. The Balaban J connectivity index is 1.54. The second-order valence-corrected chi connectivity index (χ2v) is 6.94. The van der Waals surface area contributed by atoms with Gasteiger partial charge in [-0.2, -0.15) is 0 Å². The van der Waals surface area contributed by atoms with Gasteiger partial charge in [-0.15, -0.1) is 0 Å². The van der Waals surface area contributed by atoms with E-state index in [9.17, 15) is 19.7 Å². The first kappa shape index (κ1) is 21.0. The molecule has 2 aromatic rings. The largest absolute Gasteiger partial charge is 0.368 e. The van der Waals surface area contributed by atoms with Crippen LogP contribution in [0.25, 0.3) is 6.08 Å². The Hall–Kier alpha value is -3.68. The number of benzene rings is 2. The van der Waals surface area contributed by atoms with Gasteiger partial charge in [-0.1, -0.05) is 19.1 Å². The van der Waals surface area contributed by atoms with Gasteiger partial charge in [0, 0.05) is 62.2 Å². The molecular weight excluding hydrogens is 384 g/mol. The SMILES string of the molecule is CCC(=O)N1CCN(c2ccc(NC(=O)/C=C/c3cccc([N+](=O)[O-])c3)cc2)CC1. The minimum atomic E-state index is -0.472. The molecule has 0 aromatic heterocycles. The molecule has 0 aliphatic carbocycles. The lowest BCUT2D eigenvalue weighted by Crippen LogP contribution is -2.48. The Morgan fingerprint density at radius 3 is 2.43 bits per heavy atom. The Morgan fingerprint density at radius 1 is 1.10 bits per heavy atom. The molecule has 1 aliphatic heterocycles. The smallest absolute Gasteiger partial charge is 0.270 e. The van der Waals surface area contributed by atoms with Crippen molar-refractivity contribution in [3.8, 4) is 0 Å². The lowest BCUT2D eigenvalue weighted by molar-refractivity contribution is -0.384. The van der Waals surface area contributed by atoms with E-state index in [1.165, 1.54) is 24.3 Å². The first-order valence-electron chi connectivity index (χ1n) is 9.82. The van der Waals surface area contributed by atoms with E-state index in [-0.39, 0.29) is 17.5 Å². The number of carbonyl (C=O) groups is 2. The van der Waals surface area contributed by atoms with E-state index >= 15 is 0 Å². The van der Waals surface area contributed by atoms with Crippen LogP contribution in [0.2, 0.25) is 0 Å². The molecule has 0 bridgehead atoms. The number of nitrogens with zero attached hydrogens (tertiary/aromatic N) is 3. The van der Waals surface area contributed by atoms with Crippen LogP contribution in [-0.2, 0) is 9.59 Å². The van der Waals surface area contributed by atoms with Crippen LogP contribution in [0.4, 0.5) is 17.1 Å². The standard InChI is InChI=1S/C22H24N4O4/c1-2-22(28)25-14-12-24(13-15-25)19-9-7-18(8-10-19)23-21(27)11-6-17-4-3-5-20(16-17)26(29)30/h3-11,16H,2,12-15H2,1H3,(H,23,27)/b11-6+. The van der Waals surface area contributed by atoms with E-state index in [1.807, 2.05) is 36.1 Å². The second kappa shape index (κ2) is 9.69. The van der Waals surface area contributed by atoms with E-state index in [2.05, 4.69) is 10.2 Å². The van der Waals surface area contributed by atoms with Crippen LogP contribution in [0.5, 0.6) is 0 Å². The molecular formula is C22H24N4O4. The molecule has 8 heteroatoms. The molecule has 8 nitrogen and oxygen atoms in total. The first-order valence-corrected chi connectivity index (χ1v) is 9.82. The first-order chi connectivity index (χ1) is 14.5. The number of piperazine rings is 1. The van der Waals surface area contributed by atoms with Gasteiger partial charge in [-0.05, 0) is 35.9 Å². The van der Waals surface area contributed by atoms with Crippen molar-refractivity contribution in [2.45, 2.75) is 13.3 Å². The Morgan fingerprint density at radius 2 is 1.80 bits per heavy atom. The van der Waals surface area contributed by atoms with E-state index in [1.54, 1.807) is 12.1 Å². The van der Waals surface area contributed by atoms with Gasteiger partial charge < -0.3 is 15.1 Å². The minimum absolute atomic E-state index is 0.0203. The number of carbonyl (C=O) groups excluding carboxylic acids is 2. The average Bonchev–Trinajstić information content (AvgIpc) is 2.78. The molecule has 2 amide bonds. The third-order valence-corrected chi connectivity index (χ3v) is 4.94. The van der Waals surface area contributed by atoms with Crippen molar-refractivity contribution in [3.05, 3.63) is 70.3 Å². The quantitative estimate of drug-likeness (QED) is 0.449. The number of amides is 2. The molecule has 1 aliphatic rings. The van der Waals surface area contributed by atoms with E-state index in [0.717, 1.165) is 18.8 Å². The van der Waals surface area contributed by atoms with Crippen molar-refractivity contribution < 1.29 is 14.5 Å². The number of hydrogen-bond acceptors (Lipinski definition) is 5. The van der Waals surface area contributed by atoms with Crippen LogP contribution in [0.15, 0.2) is 54.6 Å². The number of non-ortho nitro benzene ring substituents is 1. The van der Waals surface area contributed by atoms with Crippen molar-refractivity contribution in [1.82, 2.24) is 4.90 Å². The fourth-order valence-corrected chi connectivity index (χ4v) is 3.29. The molecule has 1 fully saturated rings. The lowest BCUT2D eigenvalue weighted by Gasteiger charge is -2.36. The summed E-state index contributed by atoms with van der Waals surface area (Å²) in [4.78, 5) is 38.4. The van der Waals surface area contributed by atoms with Crippen molar-refractivity contribution in [3.63, 3.8) is 0 Å². The molecule has 1 N–H and O–H groups in total. The fraction of sp³-hybridized carbons (Fsp3) is 0.273. The number of nitro benzene ring substituents is 1. The third-order valence-electron chi connectivity index (χ3n) is 4.94. The average molecular weight is 408 g/mol. The van der Waals surface area contributed by atoms with Crippen LogP contribution in [0.1, 0.15) is 18.9 Å². The molecule has 156 valence electrons. The Bertz CT molecular complexity index is 948. The van der Waals surface area contributed by atoms with E-state index < -0.39 is 4.92 Å². The predicted molar refractivity (Wildman–Crippen MR) is 116 cm³/mol. The zero-order valence-electron chi connectivity index (χ0n) is 16.8. The van der Waals surface area contributed by atoms with Crippen molar-refractivity contribution in [2.24, 2.45) is 0 Å². The van der Waals surface area contributed by atoms with Gasteiger partial charge in [-0.3, -0.25) is 19.7 Å². The van der Waals surface area contributed by atoms with E-state index in [0.29, 0.717) is 30.8 Å². The zero-order chi connectivity index (χ0) is 21.5. The summed E-state index contributed by atoms with van der Waals surface area (Å²) >= 11 is 0. The summed E-state index contributed by atoms with van der Waals surface area (Å²) in [5, 5.41) is 13.6. The number of hydrogen-bond donors (Lipinski definition) is 1. The van der Waals surface area contributed by atoms with Gasteiger partial charge in [0.15, 0.2) is 0 Å². The molecule has 2 aromatic carbocycles. The van der Waals surface area contributed by atoms with Gasteiger partial charge in [0.1, 0.15) is 0 Å². The highest BCUT2D eigenvalue weighted by molar-refractivity contribution is 6.02. The molecule has 30 heavy (non-hydrogen) atoms. The summed E-state index contributed by atoms with van der Waals surface area (Å²) in [5.74, 6) is -0.133. The zero-order valence-corrected chi connectivity index (χ0v) is 16.8. The van der Waals surface area contributed by atoms with Gasteiger partial charge >= 0.3 is 0 Å². The summed E-state index contributed by atoms with van der Waals surface area (Å²) in [6.07, 6.45) is 3.41. The molecule has 0 spiro atoms. The summed E-state index contributed by atoms with van der Waals surface area (Å²) < 4.78 is 0. The maximum atomic E-state index is 12.1. The predicted octanol–water partition coefficient (Wildman–Crippen LogP) is 3.31. The molecule has 0 atom stereocenters. The Labute approximate surface area is 174 Å². The maximum Gasteiger partial charge on any atom is 0.270 e. The van der Waals surface area contributed by atoms with Crippen LogP contribution in [0, 0.1) is 10.1 Å². The van der Waals surface area contributed by atoms with Gasteiger partial charge in [0.2, 0.25) is 11.8 Å². The van der Waals surface area contributed by atoms with Crippen LogP contribution in [0.3, 0.4) is 0 Å². The number of nitrogens with one attached hydrogen (secondary N) is 1.